The fourth-order valence-corrected chi connectivity index (χ4v) is 5.20. The van der Waals surface area contributed by atoms with Crippen molar-refractivity contribution in [3.63, 3.8) is 0 Å². The Balaban J connectivity index is 1.37. The lowest BCUT2D eigenvalue weighted by Crippen LogP contribution is -2.27. The molecule has 1 aliphatic heterocycles. The van der Waals surface area contributed by atoms with E-state index in [2.05, 4.69) is 0 Å². The molecule has 4 aromatic carbocycles. The van der Waals surface area contributed by atoms with Gasteiger partial charge in [0.15, 0.2) is 0 Å². The van der Waals surface area contributed by atoms with E-state index in [0.717, 1.165) is 33.7 Å². The first kappa shape index (κ1) is 23.5. The number of fused-ring (bicyclic) bond motifs is 1. The number of nitrogens with zero attached hydrogens (tertiary/aromatic N) is 1. The van der Waals surface area contributed by atoms with Crippen LogP contribution < -0.4 is 4.74 Å². The summed E-state index contributed by atoms with van der Waals surface area (Å²) in [6.07, 6.45) is 1.70. The normalized spacial score (nSPS) is 14.8. The summed E-state index contributed by atoms with van der Waals surface area (Å²) >= 11 is 13.2. The van der Waals surface area contributed by atoms with Gasteiger partial charge in [0.25, 0.3) is 11.1 Å². The molecule has 0 N–H and O–H groups in total. The number of benzene rings is 4. The summed E-state index contributed by atoms with van der Waals surface area (Å²) in [5.74, 6) is 0.267. The molecule has 1 saturated heterocycles. The Morgan fingerprint density at radius 2 is 1.63 bits per heavy atom. The number of thioether (sulfide) groups is 1. The first-order chi connectivity index (χ1) is 17.0. The minimum atomic E-state index is -0.316. The number of rotatable bonds is 6. The second kappa shape index (κ2) is 10.2. The van der Waals surface area contributed by atoms with Crippen molar-refractivity contribution in [1.82, 2.24) is 4.90 Å². The van der Waals surface area contributed by atoms with E-state index in [1.165, 1.54) is 4.90 Å². The van der Waals surface area contributed by atoms with Crippen molar-refractivity contribution in [1.29, 1.82) is 0 Å². The van der Waals surface area contributed by atoms with Crippen LogP contribution in [0.1, 0.15) is 16.7 Å². The molecule has 174 valence electrons. The maximum atomic E-state index is 13.2. The number of hydrogen-bond acceptors (Lipinski definition) is 4. The minimum Gasteiger partial charge on any atom is -0.488 e. The number of para-hydroxylation sites is 1. The van der Waals surface area contributed by atoms with E-state index >= 15 is 0 Å². The van der Waals surface area contributed by atoms with Crippen molar-refractivity contribution in [2.24, 2.45) is 0 Å². The van der Waals surface area contributed by atoms with Gasteiger partial charge in [0.2, 0.25) is 0 Å². The van der Waals surface area contributed by atoms with E-state index in [1.54, 1.807) is 18.2 Å². The van der Waals surface area contributed by atoms with Gasteiger partial charge in [-0.1, -0.05) is 89.9 Å². The van der Waals surface area contributed by atoms with Crippen LogP contribution in [0, 0.1) is 0 Å². The lowest BCUT2D eigenvalue weighted by Gasteiger charge is -2.14. The lowest BCUT2D eigenvalue weighted by atomic mass is 10.0. The first-order valence-electron chi connectivity index (χ1n) is 10.9. The minimum absolute atomic E-state index is 0.219. The van der Waals surface area contributed by atoms with Crippen molar-refractivity contribution in [3.05, 3.63) is 117 Å². The molecular weight excluding hydrogens is 501 g/mol. The van der Waals surface area contributed by atoms with E-state index < -0.39 is 0 Å². The molecule has 0 unspecified atom stereocenters. The first-order valence-corrected chi connectivity index (χ1v) is 12.4. The predicted octanol–water partition coefficient (Wildman–Crippen LogP) is 7.96. The molecule has 0 bridgehead atoms. The highest BCUT2D eigenvalue weighted by Crippen LogP contribution is 2.36. The van der Waals surface area contributed by atoms with Gasteiger partial charge in [-0.05, 0) is 52.4 Å². The number of amides is 2. The monoisotopic (exact) mass is 519 g/mol. The van der Waals surface area contributed by atoms with Crippen LogP contribution in [-0.4, -0.2) is 16.0 Å². The number of halogens is 2. The van der Waals surface area contributed by atoms with Crippen LogP contribution in [0.3, 0.4) is 0 Å². The maximum Gasteiger partial charge on any atom is 0.293 e. The Kier molecular flexibility index (Phi) is 6.82. The maximum absolute atomic E-state index is 13.2. The average Bonchev–Trinajstić information content (AvgIpc) is 3.12. The summed E-state index contributed by atoms with van der Waals surface area (Å²) in [5, 5.41) is 2.88. The summed E-state index contributed by atoms with van der Waals surface area (Å²) in [4.78, 5) is 27.6. The van der Waals surface area contributed by atoms with Gasteiger partial charge < -0.3 is 4.74 Å². The highest BCUT2D eigenvalue weighted by Gasteiger charge is 2.35. The zero-order chi connectivity index (χ0) is 24.4. The number of hydrogen-bond donors (Lipinski definition) is 0. The van der Waals surface area contributed by atoms with Gasteiger partial charge in [-0.3, -0.25) is 14.5 Å². The van der Waals surface area contributed by atoms with Crippen molar-refractivity contribution >= 4 is 63.0 Å². The molecule has 5 rings (SSSR count). The van der Waals surface area contributed by atoms with E-state index in [4.69, 9.17) is 27.9 Å². The lowest BCUT2D eigenvalue weighted by molar-refractivity contribution is -0.123. The molecule has 1 aliphatic rings. The van der Waals surface area contributed by atoms with Crippen molar-refractivity contribution < 1.29 is 14.3 Å². The quantitative estimate of drug-likeness (QED) is 0.242. The molecule has 0 atom stereocenters. The molecule has 0 aromatic heterocycles. The molecule has 4 aromatic rings. The molecule has 0 saturated carbocycles. The van der Waals surface area contributed by atoms with Gasteiger partial charge >= 0.3 is 0 Å². The molecule has 0 aliphatic carbocycles. The third-order valence-electron chi connectivity index (χ3n) is 5.69. The topological polar surface area (TPSA) is 46.6 Å². The molecule has 2 amide bonds. The van der Waals surface area contributed by atoms with Crippen LogP contribution in [-0.2, 0) is 17.9 Å². The average molecular weight is 520 g/mol. The molecule has 35 heavy (non-hydrogen) atoms. The van der Waals surface area contributed by atoms with E-state index in [0.29, 0.717) is 26.3 Å². The molecule has 0 spiro atoms. The summed E-state index contributed by atoms with van der Waals surface area (Å²) < 4.78 is 6.00. The fourth-order valence-electron chi connectivity index (χ4n) is 3.90. The molecule has 7 heteroatoms. The van der Waals surface area contributed by atoms with E-state index in [1.807, 2.05) is 72.8 Å². The van der Waals surface area contributed by atoms with Crippen molar-refractivity contribution in [2.75, 3.05) is 0 Å². The Hall–Kier alpha value is -3.25. The van der Waals surface area contributed by atoms with Crippen LogP contribution >= 0.6 is 35.0 Å². The Morgan fingerprint density at radius 1 is 0.857 bits per heavy atom. The van der Waals surface area contributed by atoms with Gasteiger partial charge in [-0.2, -0.15) is 0 Å². The number of carbonyl (C=O) groups is 2. The SMILES string of the molecule is O=C1S/C(=C/c2ccccc2OCc2ccc(Cl)cc2Cl)C(=O)N1Cc1cccc2ccccc12. The fraction of sp³-hybridized carbons (Fsp3) is 0.0714. The Bertz CT molecular complexity index is 1480. The molecule has 1 heterocycles. The second-order valence-corrected chi connectivity index (χ2v) is 9.81. The zero-order valence-electron chi connectivity index (χ0n) is 18.4. The van der Waals surface area contributed by atoms with Crippen LogP contribution in [0.15, 0.2) is 89.8 Å². The summed E-state index contributed by atoms with van der Waals surface area (Å²) in [5.41, 5.74) is 2.42. The largest absolute Gasteiger partial charge is 0.488 e. The molecular formula is C28H19Cl2NO3S. The second-order valence-electron chi connectivity index (χ2n) is 7.97. The highest BCUT2D eigenvalue weighted by molar-refractivity contribution is 8.18. The smallest absolute Gasteiger partial charge is 0.293 e. The molecule has 1 fully saturated rings. The third-order valence-corrected chi connectivity index (χ3v) is 7.18. The molecule has 4 nitrogen and oxygen atoms in total. The summed E-state index contributed by atoms with van der Waals surface area (Å²) in [7, 11) is 0. The Morgan fingerprint density at radius 3 is 2.49 bits per heavy atom. The molecule has 0 radical (unpaired) electrons. The summed E-state index contributed by atoms with van der Waals surface area (Å²) in [6.45, 7) is 0.458. The number of ether oxygens (including phenoxy) is 1. The van der Waals surface area contributed by atoms with Crippen LogP contribution in [0.5, 0.6) is 5.75 Å². The zero-order valence-corrected chi connectivity index (χ0v) is 20.7. The van der Waals surface area contributed by atoms with Crippen LogP contribution in [0.2, 0.25) is 10.0 Å². The van der Waals surface area contributed by atoms with Gasteiger partial charge in [-0.25, -0.2) is 0 Å². The van der Waals surface area contributed by atoms with Crippen molar-refractivity contribution in [3.8, 4) is 5.75 Å². The standard InChI is InChI=1S/C28H19Cl2NO3S/c29-22-13-12-21(24(30)15-22)17-34-25-11-4-2-7-19(25)14-26-27(32)31(28(33)35-26)16-20-9-5-8-18-6-1-3-10-23(18)20/h1-15H,16-17H2/b26-14+. The van der Waals surface area contributed by atoms with Crippen LogP contribution in [0.4, 0.5) is 4.79 Å². The van der Waals surface area contributed by atoms with Gasteiger partial charge in [0, 0.05) is 21.2 Å². The summed E-state index contributed by atoms with van der Waals surface area (Å²) in [6, 6.07) is 26.4. The van der Waals surface area contributed by atoms with E-state index in [9.17, 15) is 9.59 Å². The van der Waals surface area contributed by atoms with Crippen molar-refractivity contribution in [2.45, 2.75) is 13.2 Å². The van der Waals surface area contributed by atoms with Gasteiger partial charge in [-0.15, -0.1) is 0 Å². The van der Waals surface area contributed by atoms with E-state index in [-0.39, 0.29) is 24.3 Å². The third kappa shape index (κ3) is 5.08. The Labute approximate surface area is 217 Å². The number of carbonyl (C=O) groups excluding carboxylic acids is 2. The predicted molar refractivity (Wildman–Crippen MR) is 143 cm³/mol. The highest BCUT2D eigenvalue weighted by atomic mass is 35.5. The van der Waals surface area contributed by atoms with Gasteiger partial charge in [0.1, 0.15) is 12.4 Å². The number of imide groups is 1. The van der Waals surface area contributed by atoms with Crippen LogP contribution in [0.25, 0.3) is 16.8 Å². The van der Waals surface area contributed by atoms with Gasteiger partial charge in [0.05, 0.1) is 11.4 Å².